The van der Waals surface area contributed by atoms with Crippen LogP contribution in [0.2, 0.25) is 0 Å². The third-order valence-electron chi connectivity index (χ3n) is 5.67. The first-order valence-corrected chi connectivity index (χ1v) is 10.00. The largest absolute Gasteiger partial charge is 0.353 e. The van der Waals surface area contributed by atoms with Gasteiger partial charge in [-0.3, -0.25) is 14.4 Å². The molecule has 1 atom stereocenters. The van der Waals surface area contributed by atoms with Crippen LogP contribution in [0.15, 0.2) is 30.3 Å². The van der Waals surface area contributed by atoms with Crippen LogP contribution in [-0.2, 0) is 20.8 Å². The topological polar surface area (TPSA) is 69.7 Å². The van der Waals surface area contributed by atoms with E-state index in [2.05, 4.69) is 5.32 Å². The number of likely N-dealkylation sites (tertiary alicyclic amines) is 1. The van der Waals surface area contributed by atoms with Crippen LogP contribution in [0.5, 0.6) is 0 Å². The predicted molar refractivity (Wildman–Crippen MR) is 103 cm³/mol. The van der Waals surface area contributed by atoms with Crippen LogP contribution >= 0.6 is 0 Å². The average molecular weight is 371 g/mol. The lowest BCUT2D eigenvalue weighted by atomic mass is 9.93. The molecule has 2 heterocycles. The van der Waals surface area contributed by atoms with Gasteiger partial charge in [0, 0.05) is 38.5 Å². The van der Waals surface area contributed by atoms with E-state index in [1.165, 1.54) is 5.56 Å². The van der Waals surface area contributed by atoms with Crippen molar-refractivity contribution < 1.29 is 14.4 Å². The standard InChI is InChI=1S/C21H29N3O3/c1-2-18-20(26)22-12-15-24(18)21(27)17-10-13-23(14-11-17)19(25)9-8-16-6-4-3-5-7-16/h3-7,17-18H,2,8-15H2,1H3,(H,22,26). The van der Waals surface area contributed by atoms with E-state index in [-0.39, 0.29) is 29.7 Å². The summed E-state index contributed by atoms with van der Waals surface area (Å²) in [5.74, 6) is 0.107. The molecule has 27 heavy (non-hydrogen) atoms. The number of nitrogens with one attached hydrogen (secondary N) is 1. The zero-order valence-electron chi connectivity index (χ0n) is 16.0. The molecule has 0 spiro atoms. The van der Waals surface area contributed by atoms with Crippen molar-refractivity contribution in [2.45, 2.75) is 45.1 Å². The fourth-order valence-corrected chi connectivity index (χ4v) is 4.05. The number of benzene rings is 1. The Balaban J connectivity index is 1.48. The molecular weight excluding hydrogens is 342 g/mol. The zero-order valence-corrected chi connectivity index (χ0v) is 16.0. The summed E-state index contributed by atoms with van der Waals surface area (Å²) in [6.07, 6.45) is 3.26. The summed E-state index contributed by atoms with van der Waals surface area (Å²) in [5, 5.41) is 2.83. The normalized spacial score (nSPS) is 21.1. The van der Waals surface area contributed by atoms with Crippen LogP contribution < -0.4 is 5.32 Å². The van der Waals surface area contributed by atoms with Gasteiger partial charge in [-0.25, -0.2) is 0 Å². The van der Waals surface area contributed by atoms with E-state index in [9.17, 15) is 14.4 Å². The van der Waals surface area contributed by atoms with Gasteiger partial charge in [0.15, 0.2) is 0 Å². The number of aryl methyl sites for hydroxylation is 1. The van der Waals surface area contributed by atoms with Crippen molar-refractivity contribution in [1.82, 2.24) is 15.1 Å². The number of carbonyl (C=O) groups excluding carboxylic acids is 3. The molecular formula is C21H29N3O3. The van der Waals surface area contributed by atoms with Crippen LogP contribution in [0.1, 0.15) is 38.2 Å². The van der Waals surface area contributed by atoms with Crippen molar-refractivity contribution in [2.24, 2.45) is 5.92 Å². The van der Waals surface area contributed by atoms with E-state index in [1.807, 2.05) is 42.2 Å². The molecule has 1 N–H and O–H groups in total. The number of nitrogens with zero attached hydrogens (tertiary/aromatic N) is 2. The Kier molecular flexibility index (Phi) is 6.48. The summed E-state index contributed by atoms with van der Waals surface area (Å²) >= 11 is 0. The summed E-state index contributed by atoms with van der Waals surface area (Å²) in [7, 11) is 0. The Morgan fingerprint density at radius 3 is 2.48 bits per heavy atom. The molecule has 0 radical (unpaired) electrons. The average Bonchev–Trinajstić information content (AvgIpc) is 2.72. The van der Waals surface area contributed by atoms with E-state index in [0.717, 1.165) is 6.42 Å². The van der Waals surface area contributed by atoms with Crippen LogP contribution in [0.25, 0.3) is 0 Å². The molecule has 0 aromatic heterocycles. The van der Waals surface area contributed by atoms with Crippen molar-refractivity contribution in [3.63, 3.8) is 0 Å². The van der Waals surface area contributed by atoms with Gasteiger partial charge in [-0.1, -0.05) is 37.3 Å². The minimum Gasteiger partial charge on any atom is -0.353 e. The first-order chi connectivity index (χ1) is 13.1. The molecule has 2 aliphatic rings. The van der Waals surface area contributed by atoms with E-state index in [1.54, 1.807) is 4.90 Å². The highest BCUT2D eigenvalue weighted by Gasteiger charge is 2.36. The second-order valence-electron chi connectivity index (χ2n) is 7.39. The Morgan fingerprint density at radius 2 is 1.81 bits per heavy atom. The second kappa shape index (κ2) is 9.02. The maximum atomic E-state index is 12.9. The third kappa shape index (κ3) is 4.67. The maximum absolute atomic E-state index is 12.9. The molecule has 3 amide bonds. The molecule has 2 saturated heterocycles. The number of amides is 3. The first-order valence-electron chi connectivity index (χ1n) is 10.00. The van der Waals surface area contributed by atoms with Gasteiger partial charge in [-0.15, -0.1) is 0 Å². The van der Waals surface area contributed by atoms with Gasteiger partial charge in [0.25, 0.3) is 0 Å². The molecule has 2 aliphatic heterocycles. The molecule has 1 unspecified atom stereocenters. The van der Waals surface area contributed by atoms with Crippen molar-refractivity contribution in [1.29, 1.82) is 0 Å². The van der Waals surface area contributed by atoms with Gasteiger partial charge >= 0.3 is 0 Å². The van der Waals surface area contributed by atoms with Crippen molar-refractivity contribution in [3.05, 3.63) is 35.9 Å². The van der Waals surface area contributed by atoms with Gasteiger partial charge < -0.3 is 15.1 Å². The van der Waals surface area contributed by atoms with E-state index in [0.29, 0.717) is 51.9 Å². The molecule has 3 rings (SSSR count). The molecule has 0 saturated carbocycles. The SMILES string of the molecule is CCC1C(=O)NCCN1C(=O)C1CCN(C(=O)CCc2ccccc2)CC1. The van der Waals surface area contributed by atoms with Gasteiger partial charge in [0.1, 0.15) is 6.04 Å². The molecule has 146 valence electrons. The molecule has 1 aromatic carbocycles. The highest BCUT2D eigenvalue weighted by atomic mass is 16.2. The van der Waals surface area contributed by atoms with Gasteiger partial charge in [-0.05, 0) is 31.2 Å². The Hall–Kier alpha value is -2.37. The highest BCUT2D eigenvalue weighted by Crippen LogP contribution is 2.23. The van der Waals surface area contributed by atoms with Crippen LogP contribution in [0.3, 0.4) is 0 Å². The fraction of sp³-hybridized carbons (Fsp3) is 0.571. The van der Waals surface area contributed by atoms with Crippen LogP contribution in [-0.4, -0.2) is 59.7 Å². The van der Waals surface area contributed by atoms with Gasteiger partial charge in [0.2, 0.25) is 17.7 Å². The zero-order chi connectivity index (χ0) is 19.2. The minimum absolute atomic E-state index is 0.0503. The lowest BCUT2D eigenvalue weighted by molar-refractivity contribution is -0.148. The number of carbonyl (C=O) groups is 3. The summed E-state index contributed by atoms with van der Waals surface area (Å²) in [6, 6.07) is 9.68. The van der Waals surface area contributed by atoms with Crippen molar-refractivity contribution >= 4 is 17.7 Å². The van der Waals surface area contributed by atoms with E-state index >= 15 is 0 Å². The van der Waals surface area contributed by atoms with Crippen molar-refractivity contribution in [3.8, 4) is 0 Å². The summed E-state index contributed by atoms with van der Waals surface area (Å²) < 4.78 is 0. The predicted octanol–water partition coefficient (Wildman–Crippen LogP) is 1.59. The van der Waals surface area contributed by atoms with E-state index < -0.39 is 0 Å². The molecule has 6 nitrogen and oxygen atoms in total. The second-order valence-corrected chi connectivity index (χ2v) is 7.39. The van der Waals surface area contributed by atoms with Gasteiger partial charge in [-0.2, -0.15) is 0 Å². The number of rotatable bonds is 5. The number of piperazine rings is 1. The van der Waals surface area contributed by atoms with Crippen LogP contribution in [0.4, 0.5) is 0 Å². The maximum Gasteiger partial charge on any atom is 0.242 e. The Labute approximate surface area is 160 Å². The molecule has 0 bridgehead atoms. The molecule has 1 aromatic rings. The Bertz CT molecular complexity index is 669. The monoisotopic (exact) mass is 371 g/mol. The number of piperidine rings is 1. The Morgan fingerprint density at radius 1 is 1.11 bits per heavy atom. The lowest BCUT2D eigenvalue weighted by Crippen LogP contribution is -2.58. The minimum atomic E-state index is -0.350. The summed E-state index contributed by atoms with van der Waals surface area (Å²) in [4.78, 5) is 41.0. The number of hydrogen-bond acceptors (Lipinski definition) is 3. The van der Waals surface area contributed by atoms with Gasteiger partial charge in [0.05, 0.1) is 0 Å². The lowest BCUT2D eigenvalue weighted by Gasteiger charge is -2.39. The molecule has 0 aliphatic carbocycles. The molecule has 2 fully saturated rings. The molecule has 6 heteroatoms. The number of hydrogen-bond donors (Lipinski definition) is 1. The summed E-state index contributed by atoms with van der Waals surface area (Å²) in [5.41, 5.74) is 1.17. The third-order valence-corrected chi connectivity index (χ3v) is 5.67. The first kappa shape index (κ1) is 19.4. The highest BCUT2D eigenvalue weighted by molar-refractivity contribution is 5.89. The van der Waals surface area contributed by atoms with Crippen LogP contribution in [0, 0.1) is 5.92 Å². The summed E-state index contributed by atoms with van der Waals surface area (Å²) in [6.45, 7) is 4.29. The van der Waals surface area contributed by atoms with Crippen molar-refractivity contribution in [2.75, 3.05) is 26.2 Å². The fourth-order valence-electron chi connectivity index (χ4n) is 4.05. The smallest absolute Gasteiger partial charge is 0.242 e. The van der Waals surface area contributed by atoms with E-state index in [4.69, 9.17) is 0 Å². The quantitative estimate of drug-likeness (QED) is 0.855.